The van der Waals surface area contributed by atoms with Crippen LogP contribution in [-0.2, 0) is 4.79 Å². The number of hydrogen-bond donors (Lipinski definition) is 2. The van der Waals surface area contributed by atoms with Crippen LogP contribution in [0.25, 0.3) is 0 Å². The third kappa shape index (κ3) is 2.39. The van der Waals surface area contributed by atoms with Crippen LogP contribution in [0.4, 0.5) is 4.39 Å². The lowest BCUT2D eigenvalue weighted by molar-refractivity contribution is -0.120. The van der Waals surface area contributed by atoms with Gasteiger partial charge in [0.15, 0.2) is 5.96 Å². The van der Waals surface area contributed by atoms with Crippen molar-refractivity contribution in [2.75, 3.05) is 6.54 Å². The van der Waals surface area contributed by atoms with Crippen molar-refractivity contribution in [1.82, 2.24) is 10.6 Å². The minimum absolute atomic E-state index is 0.00187. The summed E-state index contributed by atoms with van der Waals surface area (Å²) in [5.41, 5.74) is 0.607. The van der Waals surface area contributed by atoms with E-state index in [9.17, 15) is 9.18 Å². The summed E-state index contributed by atoms with van der Waals surface area (Å²) in [6.07, 6.45) is 0. The van der Waals surface area contributed by atoms with Gasteiger partial charge in [-0.2, -0.15) is 0 Å². The molecule has 1 atom stereocenters. The molecule has 1 saturated heterocycles. The average Bonchev–Trinajstić information content (AvgIpc) is 2.64. The molecule has 1 unspecified atom stereocenters. The molecule has 0 aromatic heterocycles. The second kappa shape index (κ2) is 4.71. The largest absolute Gasteiger partial charge is 0.340 e. The summed E-state index contributed by atoms with van der Waals surface area (Å²) in [5, 5.41) is 5.51. The Hall–Kier alpha value is -1.62. The second-order valence-electron chi connectivity index (χ2n) is 3.56. The van der Waals surface area contributed by atoms with Crippen LogP contribution in [0.2, 0.25) is 5.02 Å². The number of carbonyl (C=O) groups excluding carboxylic acids is 1. The van der Waals surface area contributed by atoms with Gasteiger partial charge >= 0.3 is 0 Å². The van der Waals surface area contributed by atoms with Gasteiger partial charge in [0.25, 0.3) is 5.91 Å². The molecule has 1 fully saturated rings. The minimum atomic E-state index is -0.571. The molecule has 1 heterocycles. The molecule has 1 aromatic rings. The Morgan fingerprint density at radius 3 is 2.94 bits per heavy atom. The highest BCUT2D eigenvalue weighted by Crippen LogP contribution is 2.22. The van der Waals surface area contributed by atoms with Gasteiger partial charge in [-0.05, 0) is 24.6 Å². The molecular weight excluding hydrogens is 245 g/mol. The summed E-state index contributed by atoms with van der Waals surface area (Å²) >= 11 is 5.67. The van der Waals surface area contributed by atoms with Crippen LogP contribution >= 0.6 is 11.6 Å². The van der Waals surface area contributed by atoms with Crippen molar-refractivity contribution in [2.24, 2.45) is 4.99 Å². The van der Waals surface area contributed by atoms with Crippen LogP contribution in [0.1, 0.15) is 18.5 Å². The van der Waals surface area contributed by atoms with E-state index < -0.39 is 11.9 Å². The maximum atomic E-state index is 13.0. The Bertz CT molecular complexity index is 490. The van der Waals surface area contributed by atoms with Crippen molar-refractivity contribution in [3.63, 3.8) is 0 Å². The van der Waals surface area contributed by atoms with Crippen LogP contribution in [0.5, 0.6) is 0 Å². The Balaban J connectivity index is 2.26. The standard InChI is InChI=1S/C11H11ClFN3O/c1-2-14-11-15-9(10(17)16-11)6-3-4-8(13)7(12)5-6/h3-5,9H,2H2,1H3,(H2,14,15,16,17). The normalized spacial score (nSPS) is 21.5. The third-order valence-electron chi connectivity index (χ3n) is 2.38. The topological polar surface area (TPSA) is 53.5 Å². The number of aliphatic imine (C=N–C) groups is 1. The van der Waals surface area contributed by atoms with Crippen molar-refractivity contribution < 1.29 is 9.18 Å². The first-order chi connectivity index (χ1) is 8.11. The van der Waals surface area contributed by atoms with Gasteiger partial charge < -0.3 is 5.32 Å². The maximum absolute atomic E-state index is 13.0. The van der Waals surface area contributed by atoms with Gasteiger partial charge in [-0.3, -0.25) is 15.1 Å². The van der Waals surface area contributed by atoms with E-state index >= 15 is 0 Å². The zero-order valence-corrected chi connectivity index (χ0v) is 9.88. The Morgan fingerprint density at radius 1 is 1.53 bits per heavy atom. The summed E-state index contributed by atoms with van der Waals surface area (Å²) < 4.78 is 13.0. The number of guanidine groups is 1. The van der Waals surface area contributed by atoms with Gasteiger partial charge in [-0.1, -0.05) is 17.7 Å². The number of rotatable bonds is 2. The summed E-state index contributed by atoms with van der Waals surface area (Å²) in [4.78, 5) is 15.7. The number of nitrogens with one attached hydrogen (secondary N) is 2. The van der Waals surface area contributed by atoms with Crippen LogP contribution in [0.15, 0.2) is 23.2 Å². The molecule has 1 amide bonds. The molecule has 0 bridgehead atoms. The molecule has 6 heteroatoms. The van der Waals surface area contributed by atoms with Gasteiger partial charge in [0.1, 0.15) is 11.9 Å². The molecule has 0 aliphatic carbocycles. The highest BCUT2D eigenvalue weighted by atomic mass is 35.5. The molecule has 0 radical (unpaired) electrons. The molecule has 2 rings (SSSR count). The number of carbonyl (C=O) groups is 1. The lowest BCUT2D eigenvalue weighted by Crippen LogP contribution is -2.25. The van der Waals surface area contributed by atoms with Gasteiger partial charge in [-0.15, -0.1) is 0 Å². The Morgan fingerprint density at radius 2 is 2.29 bits per heavy atom. The van der Waals surface area contributed by atoms with Crippen molar-refractivity contribution in [3.05, 3.63) is 34.6 Å². The Kier molecular flexibility index (Phi) is 3.28. The van der Waals surface area contributed by atoms with Crippen molar-refractivity contribution in [2.45, 2.75) is 13.0 Å². The van der Waals surface area contributed by atoms with Crippen molar-refractivity contribution in [3.8, 4) is 0 Å². The SMILES string of the molecule is CCN=C1NC(=O)C(c2ccc(F)c(Cl)c2)N1. The van der Waals surface area contributed by atoms with E-state index in [4.69, 9.17) is 11.6 Å². The zero-order chi connectivity index (χ0) is 12.4. The summed E-state index contributed by atoms with van der Waals surface area (Å²) in [7, 11) is 0. The summed E-state index contributed by atoms with van der Waals surface area (Å²) in [6.45, 7) is 2.43. The molecule has 4 nitrogen and oxygen atoms in total. The van der Waals surface area contributed by atoms with Gasteiger partial charge in [-0.25, -0.2) is 4.39 Å². The van der Waals surface area contributed by atoms with Crippen molar-refractivity contribution >= 4 is 23.5 Å². The number of nitrogens with zero attached hydrogens (tertiary/aromatic N) is 1. The van der Waals surface area contributed by atoms with Crippen molar-refractivity contribution in [1.29, 1.82) is 0 Å². The fraction of sp³-hybridized carbons (Fsp3) is 0.273. The number of amides is 1. The molecular formula is C11H11ClFN3O. The van der Waals surface area contributed by atoms with E-state index in [1.807, 2.05) is 6.92 Å². The van der Waals surface area contributed by atoms with E-state index in [0.29, 0.717) is 18.1 Å². The fourth-order valence-corrected chi connectivity index (χ4v) is 1.79. The minimum Gasteiger partial charge on any atom is -0.340 e. The number of hydrogen-bond acceptors (Lipinski definition) is 2. The highest BCUT2D eigenvalue weighted by molar-refractivity contribution is 6.30. The third-order valence-corrected chi connectivity index (χ3v) is 2.67. The number of benzene rings is 1. The molecule has 0 saturated carbocycles. The first-order valence-corrected chi connectivity index (χ1v) is 5.56. The summed E-state index contributed by atoms with van der Waals surface area (Å²) in [5.74, 6) is -0.293. The molecule has 17 heavy (non-hydrogen) atoms. The second-order valence-corrected chi connectivity index (χ2v) is 3.97. The molecule has 1 aromatic carbocycles. The smallest absolute Gasteiger partial charge is 0.253 e. The molecule has 1 aliphatic heterocycles. The fourth-order valence-electron chi connectivity index (χ4n) is 1.60. The molecule has 1 aliphatic rings. The first-order valence-electron chi connectivity index (χ1n) is 5.18. The average molecular weight is 256 g/mol. The van der Waals surface area contributed by atoms with Crippen LogP contribution in [0, 0.1) is 5.82 Å². The monoisotopic (exact) mass is 255 g/mol. The van der Waals surface area contributed by atoms with Gasteiger partial charge in [0.05, 0.1) is 5.02 Å². The predicted octanol–water partition coefficient (Wildman–Crippen LogP) is 1.62. The zero-order valence-electron chi connectivity index (χ0n) is 9.13. The predicted molar refractivity (Wildman–Crippen MR) is 63.4 cm³/mol. The maximum Gasteiger partial charge on any atom is 0.253 e. The van der Waals surface area contributed by atoms with Crippen LogP contribution in [0.3, 0.4) is 0 Å². The first kappa shape index (κ1) is 11.9. The Labute approximate surface area is 103 Å². The van der Waals surface area contributed by atoms with Crippen LogP contribution < -0.4 is 10.6 Å². The van der Waals surface area contributed by atoms with E-state index in [2.05, 4.69) is 15.6 Å². The number of halogens is 2. The summed E-state index contributed by atoms with van der Waals surface area (Å²) in [6, 6.07) is 3.62. The molecule has 90 valence electrons. The van der Waals surface area contributed by atoms with E-state index in [1.165, 1.54) is 18.2 Å². The highest BCUT2D eigenvalue weighted by Gasteiger charge is 2.29. The quantitative estimate of drug-likeness (QED) is 0.844. The lowest BCUT2D eigenvalue weighted by atomic mass is 10.1. The molecule has 0 spiro atoms. The van der Waals surface area contributed by atoms with E-state index in [-0.39, 0.29) is 10.9 Å². The van der Waals surface area contributed by atoms with Gasteiger partial charge in [0, 0.05) is 6.54 Å². The van der Waals surface area contributed by atoms with Gasteiger partial charge in [0.2, 0.25) is 0 Å². The molecule has 2 N–H and O–H groups in total. The van der Waals surface area contributed by atoms with E-state index in [0.717, 1.165) is 0 Å². The lowest BCUT2D eigenvalue weighted by Gasteiger charge is -2.08. The van der Waals surface area contributed by atoms with Crippen LogP contribution in [-0.4, -0.2) is 18.4 Å². The van der Waals surface area contributed by atoms with E-state index in [1.54, 1.807) is 0 Å².